The zero-order valence-electron chi connectivity index (χ0n) is 11.6. The van der Waals surface area contributed by atoms with Gasteiger partial charge in [0.2, 0.25) is 0 Å². The number of rotatable bonds is 5. The normalized spacial score (nSPS) is 15.2. The van der Waals surface area contributed by atoms with Gasteiger partial charge in [0.15, 0.2) is 0 Å². The molecule has 7 heteroatoms. The van der Waals surface area contributed by atoms with Crippen LogP contribution in [0.2, 0.25) is 0 Å². The summed E-state index contributed by atoms with van der Waals surface area (Å²) < 4.78 is 5.63. The van der Waals surface area contributed by atoms with Gasteiger partial charge in [0.1, 0.15) is 6.10 Å². The lowest BCUT2D eigenvalue weighted by atomic mass is 10.3. The molecule has 0 spiro atoms. The predicted octanol–water partition coefficient (Wildman–Crippen LogP) is 3.68. The minimum absolute atomic E-state index is 0.0860. The molecule has 2 heterocycles. The Morgan fingerprint density at radius 2 is 1.71 bits per heavy atom. The van der Waals surface area contributed by atoms with E-state index >= 15 is 0 Å². The Balaban J connectivity index is 1.66. The van der Waals surface area contributed by atoms with Crippen molar-refractivity contribution < 1.29 is 9.53 Å². The molecule has 1 aliphatic carbocycles. The number of hydrogen-bond donors (Lipinski definition) is 0. The minimum atomic E-state index is -0.233. The van der Waals surface area contributed by atoms with Crippen molar-refractivity contribution in [1.82, 2.24) is 14.9 Å². The van der Waals surface area contributed by atoms with Gasteiger partial charge in [-0.25, -0.2) is 4.79 Å². The Hall–Kier alpha value is -1.47. The molecule has 1 fully saturated rings. The number of carbonyl (C=O) groups is 1. The second kappa shape index (κ2) is 7.00. The quantitative estimate of drug-likeness (QED) is 0.842. The molecule has 1 saturated carbocycles. The van der Waals surface area contributed by atoms with Crippen LogP contribution in [0.3, 0.4) is 0 Å². The van der Waals surface area contributed by atoms with Crippen molar-refractivity contribution in [1.29, 1.82) is 0 Å². The molecule has 0 bridgehead atoms. The first kappa shape index (κ1) is 14.5. The minimum Gasteiger partial charge on any atom is -0.446 e. The molecule has 2 aromatic rings. The van der Waals surface area contributed by atoms with E-state index in [9.17, 15) is 4.79 Å². The molecule has 3 rings (SSSR count). The fourth-order valence-electron chi connectivity index (χ4n) is 2.42. The van der Waals surface area contributed by atoms with E-state index in [2.05, 4.69) is 9.97 Å². The lowest BCUT2D eigenvalue weighted by Gasteiger charge is -2.23. The van der Waals surface area contributed by atoms with Crippen LogP contribution in [0.5, 0.6) is 0 Å². The third kappa shape index (κ3) is 4.01. The molecular weight excluding hydrogens is 306 g/mol. The SMILES string of the molecule is O=C(OC1CCCC1)N(Cc1cncs1)Cc1cncs1. The van der Waals surface area contributed by atoms with Crippen LogP contribution in [0, 0.1) is 0 Å². The summed E-state index contributed by atoms with van der Waals surface area (Å²) in [5, 5.41) is 0. The molecule has 0 radical (unpaired) electrons. The fourth-order valence-corrected chi connectivity index (χ4v) is 3.64. The molecule has 0 atom stereocenters. The molecule has 21 heavy (non-hydrogen) atoms. The van der Waals surface area contributed by atoms with Crippen LogP contribution in [0.4, 0.5) is 4.79 Å². The van der Waals surface area contributed by atoms with Crippen LogP contribution >= 0.6 is 22.7 Å². The first-order valence-corrected chi connectivity index (χ1v) is 8.77. The lowest BCUT2D eigenvalue weighted by molar-refractivity contribution is 0.0616. The smallest absolute Gasteiger partial charge is 0.410 e. The zero-order valence-corrected chi connectivity index (χ0v) is 13.2. The maximum atomic E-state index is 12.4. The number of carbonyl (C=O) groups excluding carboxylic acids is 1. The molecule has 2 aromatic heterocycles. The molecule has 1 aliphatic rings. The molecule has 0 unspecified atom stereocenters. The monoisotopic (exact) mass is 323 g/mol. The van der Waals surface area contributed by atoms with Crippen molar-refractivity contribution in [2.75, 3.05) is 0 Å². The van der Waals surface area contributed by atoms with Gasteiger partial charge in [0, 0.05) is 22.1 Å². The highest BCUT2D eigenvalue weighted by atomic mass is 32.1. The maximum Gasteiger partial charge on any atom is 0.410 e. The number of amides is 1. The molecule has 0 aliphatic heterocycles. The highest BCUT2D eigenvalue weighted by molar-refractivity contribution is 7.09. The van der Waals surface area contributed by atoms with Gasteiger partial charge in [-0.1, -0.05) is 0 Å². The van der Waals surface area contributed by atoms with E-state index in [-0.39, 0.29) is 12.2 Å². The number of ether oxygens (including phenoxy) is 1. The van der Waals surface area contributed by atoms with Crippen molar-refractivity contribution >= 4 is 28.8 Å². The van der Waals surface area contributed by atoms with Crippen molar-refractivity contribution in [3.8, 4) is 0 Å². The zero-order chi connectivity index (χ0) is 14.5. The highest BCUT2D eigenvalue weighted by Gasteiger charge is 2.24. The largest absolute Gasteiger partial charge is 0.446 e. The number of nitrogens with zero attached hydrogens (tertiary/aromatic N) is 3. The first-order valence-electron chi connectivity index (χ1n) is 7.01. The summed E-state index contributed by atoms with van der Waals surface area (Å²) in [6.45, 7) is 1.07. The van der Waals surface area contributed by atoms with Crippen molar-refractivity contribution in [3.05, 3.63) is 33.2 Å². The van der Waals surface area contributed by atoms with Gasteiger partial charge < -0.3 is 4.74 Å². The van der Waals surface area contributed by atoms with Crippen molar-refractivity contribution in [2.45, 2.75) is 44.9 Å². The van der Waals surface area contributed by atoms with Crippen LogP contribution in [-0.2, 0) is 17.8 Å². The summed E-state index contributed by atoms with van der Waals surface area (Å²) in [5.74, 6) is 0. The van der Waals surface area contributed by atoms with Gasteiger partial charge in [0.05, 0.1) is 24.1 Å². The van der Waals surface area contributed by atoms with E-state index in [0.29, 0.717) is 13.1 Å². The summed E-state index contributed by atoms with van der Waals surface area (Å²) in [7, 11) is 0. The Kier molecular flexibility index (Phi) is 4.82. The molecule has 112 valence electrons. The maximum absolute atomic E-state index is 12.4. The van der Waals surface area contributed by atoms with E-state index in [0.717, 1.165) is 35.4 Å². The lowest BCUT2D eigenvalue weighted by Crippen LogP contribution is -2.32. The summed E-state index contributed by atoms with van der Waals surface area (Å²) in [5.41, 5.74) is 3.56. The summed E-state index contributed by atoms with van der Waals surface area (Å²) in [6, 6.07) is 0. The fraction of sp³-hybridized carbons (Fsp3) is 0.500. The van der Waals surface area contributed by atoms with Gasteiger partial charge in [-0.05, 0) is 25.7 Å². The second-order valence-corrected chi connectivity index (χ2v) is 7.02. The molecular formula is C14H17N3O2S2. The van der Waals surface area contributed by atoms with Gasteiger partial charge in [-0.2, -0.15) is 0 Å². The molecule has 5 nitrogen and oxygen atoms in total. The van der Waals surface area contributed by atoms with Gasteiger partial charge >= 0.3 is 6.09 Å². The third-order valence-corrected chi connectivity index (χ3v) is 5.02. The molecule has 0 aromatic carbocycles. The van der Waals surface area contributed by atoms with E-state index in [1.54, 1.807) is 51.0 Å². The first-order chi connectivity index (χ1) is 10.3. The summed E-state index contributed by atoms with van der Waals surface area (Å²) in [6.07, 6.45) is 7.73. The van der Waals surface area contributed by atoms with Gasteiger partial charge in [-0.15, -0.1) is 22.7 Å². The van der Waals surface area contributed by atoms with E-state index < -0.39 is 0 Å². The van der Waals surface area contributed by atoms with E-state index in [1.807, 2.05) is 0 Å². The Morgan fingerprint density at radius 1 is 1.14 bits per heavy atom. The summed E-state index contributed by atoms with van der Waals surface area (Å²) in [4.78, 5) is 24.4. The van der Waals surface area contributed by atoms with Crippen molar-refractivity contribution in [2.24, 2.45) is 0 Å². The Labute approximate surface area is 131 Å². The Morgan fingerprint density at radius 3 is 2.19 bits per heavy atom. The second-order valence-electron chi connectivity index (χ2n) is 5.08. The molecule has 0 saturated heterocycles. The van der Waals surface area contributed by atoms with Crippen LogP contribution in [0.25, 0.3) is 0 Å². The third-order valence-electron chi connectivity index (χ3n) is 3.49. The van der Waals surface area contributed by atoms with Crippen molar-refractivity contribution in [3.63, 3.8) is 0 Å². The molecule has 1 amide bonds. The predicted molar refractivity (Wildman–Crippen MR) is 82.2 cm³/mol. The van der Waals surface area contributed by atoms with E-state index in [1.165, 1.54) is 0 Å². The Bertz CT molecular complexity index is 515. The van der Waals surface area contributed by atoms with Crippen LogP contribution in [0.15, 0.2) is 23.4 Å². The standard InChI is InChI=1S/C14H17N3O2S2/c18-14(19-11-3-1-2-4-11)17(7-12-5-15-9-20-12)8-13-6-16-10-21-13/h5-6,9-11H,1-4,7-8H2. The van der Waals surface area contributed by atoms with Crippen LogP contribution < -0.4 is 0 Å². The number of thiazole rings is 2. The highest BCUT2D eigenvalue weighted by Crippen LogP contribution is 2.23. The molecule has 0 N–H and O–H groups in total. The number of hydrogen-bond acceptors (Lipinski definition) is 6. The number of aromatic nitrogens is 2. The summed E-state index contributed by atoms with van der Waals surface area (Å²) >= 11 is 3.10. The van der Waals surface area contributed by atoms with Gasteiger partial charge in [0.25, 0.3) is 0 Å². The average Bonchev–Trinajstić information content (AvgIpc) is 3.21. The van der Waals surface area contributed by atoms with Crippen LogP contribution in [0.1, 0.15) is 35.4 Å². The van der Waals surface area contributed by atoms with Crippen LogP contribution in [-0.4, -0.2) is 27.1 Å². The van der Waals surface area contributed by atoms with E-state index in [4.69, 9.17) is 4.74 Å². The van der Waals surface area contributed by atoms with Gasteiger partial charge in [-0.3, -0.25) is 14.9 Å². The average molecular weight is 323 g/mol. The topological polar surface area (TPSA) is 55.3 Å².